The Morgan fingerprint density at radius 1 is 0.815 bits per heavy atom. The van der Waals surface area contributed by atoms with Crippen molar-refractivity contribution in [1.29, 1.82) is 0 Å². The van der Waals surface area contributed by atoms with Crippen LogP contribution in [0.1, 0.15) is 11.4 Å². The zero-order valence-corrected chi connectivity index (χ0v) is 15.3. The van der Waals surface area contributed by atoms with Crippen molar-refractivity contribution in [2.45, 2.75) is 0 Å². The molecule has 0 saturated carbocycles. The van der Waals surface area contributed by atoms with E-state index in [1.165, 1.54) is 0 Å². The lowest BCUT2D eigenvalue weighted by molar-refractivity contribution is 0.122. The highest BCUT2D eigenvalue weighted by Crippen LogP contribution is 2.31. The van der Waals surface area contributed by atoms with Crippen LogP contribution in [0.5, 0.6) is 0 Å². The summed E-state index contributed by atoms with van der Waals surface area (Å²) >= 11 is 0. The second-order valence-electron chi connectivity index (χ2n) is 6.46. The molecule has 0 spiro atoms. The molecule has 0 atom stereocenters. The van der Waals surface area contributed by atoms with E-state index in [2.05, 4.69) is 14.8 Å². The van der Waals surface area contributed by atoms with Gasteiger partial charge in [0.1, 0.15) is 5.69 Å². The summed E-state index contributed by atoms with van der Waals surface area (Å²) in [7, 11) is 0. The number of rotatable bonds is 4. The van der Waals surface area contributed by atoms with Crippen molar-refractivity contribution in [1.82, 2.24) is 15.0 Å². The van der Waals surface area contributed by atoms with Crippen LogP contribution in [0.25, 0.3) is 12.2 Å². The normalized spacial score (nSPS) is 18.2. The van der Waals surface area contributed by atoms with Gasteiger partial charge >= 0.3 is 0 Å². The lowest BCUT2D eigenvalue weighted by Gasteiger charge is -2.32. The number of nitrogens with two attached hydrogens (primary N) is 1. The minimum Gasteiger partial charge on any atom is -0.393 e. The molecule has 2 fully saturated rings. The molecule has 2 aromatic rings. The predicted octanol–water partition coefficient (Wildman–Crippen LogP) is 1.30. The lowest BCUT2D eigenvalue weighted by atomic mass is 10.2. The number of aromatic nitrogens is 3. The third kappa shape index (κ3) is 4.17. The number of hydrogen-bond acceptors (Lipinski definition) is 8. The monoisotopic (exact) mass is 368 g/mol. The first-order valence-corrected chi connectivity index (χ1v) is 9.22. The molecule has 2 saturated heterocycles. The van der Waals surface area contributed by atoms with Crippen LogP contribution in [0.2, 0.25) is 0 Å². The lowest BCUT2D eigenvalue weighted by Crippen LogP contribution is -2.40. The summed E-state index contributed by atoms with van der Waals surface area (Å²) < 4.78 is 10.9. The molecule has 2 aliphatic heterocycles. The Labute approximate surface area is 158 Å². The van der Waals surface area contributed by atoms with Crippen molar-refractivity contribution in [3.8, 4) is 0 Å². The SMILES string of the molecule is Nc1c(N2CCOCC2)nc(/C=C/c2ccncc2)nc1N1CCOCC1. The summed E-state index contributed by atoms with van der Waals surface area (Å²) in [4.78, 5) is 17.9. The minimum absolute atomic E-state index is 0.625. The fraction of sp³-hybridized carbons (Fsp3) is 0.421. The fourth-order valence-corrected chi connectivity index (χ4v) is 3.21. The maximum Gasteiger partial charge on any atom is 0.158 e. The molecule has 4 heterocycles. The molecular weight excluding hydrogens is 344 g/mol. The summed E-state index contributed by atoms with van der Waals surface area (Å²) in [5.74, 6) is 2.21. The molecular formula is C19H24N6O2. The Morgan fingerprint density at radius 3 is 1.85 bits per heavy atom. The zero-order chi connectivity index (χ0) is 18.5. The summed E-state index contributed by atoms with van der Waals surface area (Å²) in [5.41, 5.74) is 8.17. The second kappa shape index (κ2) is 8.32. The van der Waals surface area contributed by atoms with Gasteiger partial charge in [-0.15, -0.1) is 0 Å². The quantitative estimate of drug-likeness (QED) is 0.864. The molecule has 4 rings (SSSR count). The van der Waals surface area contributed by atoms with Crippen LogP contribution in [0, 0.1) is 0 Å². The van der Waals surface area contributed by atoms with E-state index >= 15 is 0 Å². The van der Waals surface area contributed by atoms with E-state index in [0.717, 1.165) is 43.4 Å². The van der Waals surface area contributed by atoms with Crippen molar-refractivity contribution < 1.29 is 9.47 Å². The number of morpholine rings is 2. The van der Waals surface area contributed by atoms with Crippen molar-refractivity contribution in [2.75, 3.05) is 68.1 Å². The van der Waals surface area contributed by atoms with Crippen LogP contribution in [0.15, 0.2) is 24.5 Å². The Bertz CT molecular complexity index is 747. The van der Waals surface area contributed by atoms with Gasteiger partial charge < -0.3 is 25.0 Å². The van der Waals surface area contributed by atoms with Crippen LogP contribution in [0.3, 0.4) is 0 Å². The Hall–Kier alpha value is -2.71. The van der Waals surface area contributed by atoms with Crippen molar-refractivity contribution in [3.63, 3.8) is 0 Å². The van der Waals surface area contributed by atoms with Gasteiger partial charge in [0.25, 0.3) is 0 Å². The topological polar surface area (TPSA) is 89.6 Å². The standard InChI is InChI=1S/C19H24N6O2/c20-17-18(24-7-11-26-12-8-24)22-16(2-1-15-3-5-21-6-4-15)23-19(17)25-9-13-27-14-10-25/h1-6H,7-14,20H2/b2-1+. The predicted molar refractivity (Wildman–Crippen MR) is 106 cm³/mol. The molecule has 0 aromatic carbocycles. The summed E-state index contributed by atoms with van der Waals surface area (Å²) in [6, 6.07) is 3.89. The van der Waals surface area contributed by atoms with E-state index < -0.39 is 0 Å². The molecule has 0 aliphatic carbocycles. The molecule has 8 nitrogen and oxygen atoms in total. The van der Waals surface area contributed by atoms with Gasteiger partial charge in [0.2, 0.25) is 0 Å². The molecule has 0 radical (unpaired) electrons. The highest BCUT2D eigenvalue weighted by atomic mass is 16.5. The number of nitrogen functional groups attached to an aromatic ring is 1. The molecule has 142 valence electrons. The van der Waals surface area contributed by atoms with Crippen LogP contribution < -0.4 is 15.5 Å². The number of ether oxygens (including phenoxy) is 2. The fourth-order valence-electron chi connectivity index (χ4n) is 3.21. The average Bonchev–Trinajstić information content (AvgIpc) is 2.75. The number of hydrogen-bond donors (Lipinski definition) is 1. The Morgan fingerprint density at radius 2 is 1.33 bits per heavy atom. The van der Waals surface area contributed by atoms with Gasteiger partial charge in [-0.3, -0.25) is 4.98 Å². The molecule has 2 aromatic heterocycles. The third-order valence-electron chi connectivity index (χ3n) is 4.67. The van der Waals surface area contributed by atoms with E-state index in [1.54, 1.807) is 12.4 Å². The van der Waals surface area contributed by atoms with Crippen molar-refractivity contribution in [2.24, 2.45) is 0 Å². The molecule has 0 bridgehead atoms. The van der Waals surface area contributed by atoms with Gasteiger partial charge in [0.15, 0.2) is 17.5 Å². The first kappa shape index (κ1) is 17.7. The molecule has 2 N–H and O–H groups in total. The summed E-state index contributed by atoms with van der Waals surface area (Å²) in [6.45, 7) is 5.82. The molecule has 0 unspecified atom stereocenters. The summed E-state index contributed by atoms with van der Waals surface area (Å²) in [5, 5.41) is 0. The van der Waals surface area contributed by atoms with E-state index in [9.17, 15) is 0 Å². The first-order chi connectivity index (χ1) is 13.3. The number of anilines is 3. The zero-order valence-electron chi connectivity index (χ0n) is 15.3. The third-order valence-corrected chi connectivity index (χ3v) is 4.67. The largest absolute Gasteiger partial charge is 0.393 e. The van der Waals surface area contributed by atoms with Crippen LogP contribution in [0.4, 0.5) is 17.3 Å². The molecule has 27 heavy (non-hydrogen) atoms. The highest BCUT2D eigenvalue weighted by molar-refractivity contribution is 5.78. The van der Waals surface area contributed by atoms with Gasteiger partial charge in [0.05, 0.1) is 26.4 Å². The maximum absolute atomic E-state index is 6.50. The maximum atomic E-state index is 6.50. The van der Waals surface area contributed by atoms with Gasteiger partial charge in [-0.1, -0.05) is 6.08 Å². The Balaban J connectivity index is 1.69. The molecule has 8 heteroatoms. The van der Waals surface area contributed by atoms with Gasteiger partial charge in [-0.25, -0.2) is 9.97 Å². The van der Waals surface area contributed by atoms with Crippen LogP contribution >= 0.6 is 0 Å². The second-order valence-corrected chi connectivity index (χ2v) is 6.46. The van der Waals surface area contributed by atoms with E-state index in [0.29, 0.717) is 37.9 Å². The highest BCUT2D eigenvalue weighted by Gasteiger charge is 2.23. The van der Waals surface area contributed by atoms with Crippen molar-refractivity contribution in [3.05, 3.63) is 35.9 Å². The number of pyridine rings is 1. The first-order valence-electron chi connectivity index (χ1n) is 9.22. The smallest absolute Gasteiger partial charge is 0.158 e. The van der Waals surface area contributed by atoms with E-state index in [4.69, 9.17) is 25.2 Å². The van der Waals surface area contributed by atoms with Gasteiger partial charge in [-0.05, 0) is 23.8 Å². The number of nitrogens with zero attached hydrogens (tertiary/aromatic N) is 5. The van der Waals surface area contributed by atoms with Crippen LogP contribution in [-0.4, -0.2) is 67.6 Å². The van der Waals surface area contributed by atoms with Gasteiger partial charge in [-0.2, -0.15) is 0 Å². The van der Waals surface area contributed by atoms with Crippen LogP contribution in [-0.2, 0) is 9.47 Å². The van der Waals surface area contributed by atoms with Crippen molar-refractivity contribution >= 4 is 29.5 Å². The average molecular weight is 368 g/mol. The van der Waals surface area contributed by atoms with E-state index in [1.807, 2.05) is 24.3 Å². The molecule has 2 aliphatic rings. The summed E-state index contributed by atoms with van der Waals surface area (Å²) in [6.07, 6.45) is 7.44. The minimum atomic E-state index is 0.625. The molecule has 0 amide bonds. The Kier molecular flexibility index (Phi) is 5.45. The van der Waals surface area contributed by atoms with Gasteiger partial charge in [0, 0.05) is 38.6 Å². The van der Waals surface area contributed by atoms with E-state index in [-0.39, 0.29) is 0 Å².